The molecule has 3 aromatic rings. The highest BCUT2D eigenvalue weighted by molar-refractivity contribution is 5.63. The van der Waals surface area contributed by atoms with Crippen molar-refractivity contribution in [2.75, 3.05) is 5.73 Å². The fraction of sp³-hybridized carbons (Fsp3) is 0.0625. The second-order valence-electron chi connectivity index (χ2n) is 4.66. The van der Waals surface area contributed by atoms with Crippen LogP contribution in [0.3, 0.4) is 0 Å². The number of halogens is 1. The molecule has 0 unspecified atom stereocenters. The minimum atomic E-state index is -0.264. The van der Waals surface area contributed by atoms with Gasteiger partial charge >= 0.3 is 0 Å². The summed E-state index contributed by atoms with van der Waals surface area (Å²) in [5.74, 6) is 0.263. The molecule has 0 bridgehead atoms. The van der Waals surface area contributed by atoms with Crippen LogP contribution < -0.4 is 5.73 Å². The van der Waals surface area contributed by atoms with Crippen LogP contribution in [0.2, 0.25) is 0 Å². The third-order valence-corrected chi connectivity index (χ3v) is 3.19. The monoisotopic (exact) mass is 267 g/mol. The second kappa shape index (κ2) is 4.81. The van der Waals surface area contributed by atoms with Gasteiger partial charge in [0.1, 0.15) is 11.6 Å². The van der Waals surface area contributed by atoms with E-state index < -0.39 is 0 Å². The van der Waals surface area contributed by atoms with E-state index in [1.54, 1.807) is 10.7 Å². The summed E-state index contributed by atoms with van der Waals surface area (Å²) in [5.41, 5.74) is 9.39. The van der Waals surface area contributed by atoms with Gasteiger partial charge in [0.05, 0.1) is 11.4 Å². The zero-order chi connectivity index (χ0) is 14.1. The van der Waals surface area contributed by atoms with Crippen molar-refractivity contribution >= 4 is 5.82 Å². The van der Waals surface area contributed by atoms with Gasteiger partial charge in [-0.15, -0.1) is 0 Å². The molecule has 20 heavy (non-hydrogen) atoms. The van der Waals surface area contributed by atoms with E-state index in [9.17, 15) is 4.39 Å². The third kappa shape index (κ3) is 2.16. The van der Waals surface area contributed by atoms with Gasteiger partial charge in [0.2, 0.25) is 0 Å². The molecule has 2 N–H and O–H groups in total. The van der Waals surface area contributed by atoms with Crippen molar-refractivity contribution in [3.8, 4) is 16.9 Å². The molecular formula is C16H14FN3. The van der Waals surface area contributed by atoms with Crippen LogP contribution in [0.1, 0.15) is 5.56 Å². The Bertz CT molecular complexity index is 748. The van der Waals surface area contributed by atoms with E-state index in [-0.39, 0.29) is 5.82 Å². The van der Waals surface area contributed by atoms with Crippen molar-refractivity contribution in [3.05, 3.63) is 66.0 Å². The van der Waals surface area contributed by atoms with E-state index in [1.807, 2.05) is 43.3 Å². The highest BCUT2D eigenvalue weighted by atomic mass is 19.1. The van der Waals surface area contributed by atoms with Crippen LogP contribution in [0.4, 0.5) is 10.2 Å². The first-order valence-corrected chi connectivity index (χ1v) is 6.32. The zero-order valence-corrected chi connectivity index (χ0v) is 11.0. The molecule has 0 radical (unpaired) electrons. The van der Waals surface area contributed by atoms with Crippen LogP contribution in [-0.2, 0) is 0 Å². The number of aromatic nitrogens is 2. The average molecular weight is 267 g/mol. The molecule has 0 aliphatic heterocycles. The number of benzene rings is 2. The first-order chi connectivity index (χ1) is 9.65. The maximum atomic E-state index is 13.2. The molecule has 1 heterocycles. The highest BCUT2D eigenvalue weighted by Gasteiger charge is 2.10. The zero-order valence-electron chi connectivity index (χ0n) is 11.0. The largest absolute Gasteiger partial charge is 0.384 e. The summed E-state index contributed by atoms with van der Waals surface area (Å²) < 4.78 is 14.8. The summed E-state index contributed by atoms with van der Waals surface area (Å²) in [7, 11) is 0. The van der Waals surface area contributed by atoms with Gasteiger partial charge in [0, 0.05) is 11.6 Å². The van der Waals surface area contributed by atoms with Crippen LogP contribution in [0.5, 0.6) is 0 Å². The first-order valence-electron chi connectivity index (χ1n) is 6.32. The number of nitrogens with zero attached hydrogens (tertiary/aromatic N) is 2. The van der Waals surface area contributed by atoms with Crippen LogP contribution in [-0.4, -0.2) is 9.78 Å². The van der Waals surface area contributed by atoms with Gasteiger partial charge in [-0.2, -0.15) is 5.10 Å². The average Bonchev–Trinajstić information content (AvgIpc) is 2.82. The molecule has 0 amide bonds. The van der Waals surface area contributed by atoms with E-state index in [0.29, 0.717) is 5.82 Å². The number of aryl methyl sites for hydroxylation is 1. The third-order valence-electron chi connectivity index (χ3n) is 3.19. The van der Waals surface area contributed by atoms with Crippen LogP contribution in [0.25, 0.3) is 16.9 Å². The molecular weight excluding hydrogens is 253 g/mol. The van der Waals surface area contributed by atoms with Gasteiger partial charge in [-0.05, 0) is 30.7 Å². The molecule has 3 nitrogen and oxygen atoms in total. The lowest BCUT2D eigenvalue weighted by molar-refractivity contribution is 0.625. The quantitative estimate of drug-likeness (QED) is 0.771. The number of hydrogen-bond acceptors (Lipinski definition) is 2. The minimum Gasteiger partial charge on any atom is -0.384 e. The second-order valence-corrected chi connectivity index (χ2v) is 4.66. The number of nitrogens with two attached hydrogens (primary N) is 1. The van der Waals surface area contributed by atoms with E-state index in [1.165, 1.54) is 12.1 Å². The van der Waals surface area contributed by atoms with Crippen molar-refractivity contribution in [1.82, 2.24) is 9.78 Å². The summed E-state index contributed by atoms with van der Waals surface area (Å²) in [6, 6.07) is 16.2. The van der Waals surface area contributed by atoms with Crippen molar-refractivity contribution in [1.29, 1.82) is 0 Å². The van der Waals surface area contributed by atoms with Gasteiger partial charge in [-0.25, -0.2) is 9.07 Å². The first kappa shape index (κ1) is 12.4. The maximum absolute atomic E-state index is 13.2. The Morgan fingerprint density at radius 1 is 1.05 bits per heavy atom. The van der Waals surface area contributed by atoms with Gasteiger partial charge in [0.25, 0.3) is 0 Å². The summed E-state index contributed by atoms with van der Waals surface area (Å²) >= 11 is 0. The fourth-order valence-corrected chi connectivity index (χ4v) is 2.20. The minimum absolute atomic E-state index is 0.264. The molecule has 0 saturated heterocycles. The molecule has 1 aromatic heterocycles. The Labute approximate surface area is 116 Å². The van der Waals surface area contributed by atoms with E-state index in [0.717, 1.165) is 22.5 Å². The van der Waals surface area contributed by atoms with Crippen molar-refractivity contribution < 1.29 is 4.39 Å². The molecule has 0 aliphatic rings. The van der Waals surface area contributed by atoms with Gasteiger partial charge in [0.15, 0.2) is 0 Å². The lowest BCUT2D eigenvalue weighted by atomic mass is 10.2. The molecule has 100 valence electrons. The predicted octanol–water partition coefficient (Wildman–Crippen LogP) is 3.57. The van der Waals surface area contributed by atoms with Gasteiger partial charge < -0.3 is 5.73 Å². The molecule has 0 spiro atoms. The molecule has 0 atom stereocenters. The van der Waals surface area contributed by atoms with E-state index in [4.69, 9.17) is 5.73 Å². The number of anilines is 1. The Balaban J connectivity index is 2.10. The number of hydrogen-bond donors (Lipinski definition) is 1. The van der Waals surface area contributed by atoms with Crippen molar-refractivity contribution in [3.63, 3.8) is 0 Å². The van der Waals surface area contributed by atoms with Crippen LogP contribution >= 0.6 is 0 Å². The fourth-order valence-electron chi connectivity index (χ4n) is 2.20. The van der Waals surface area contributed by atoms with Crippen molar-refractivity contribution in [2.45, 2.75) is 6.92 Å². The Morgan fingerprint density at radius 2 is 1.80 bits per heavy atom. The Kier molecular flexibility index (Phi) is 2.99. The van der Waals surface area contributed by atoms with Gasteiger partial charge in [-0.1, -0.05) is 30.3 Å². The lowest BCUT2D eigenvalue weighted by Gasteiger charge is -2.07. The topological polar surface area (TPSA) is 43.8 Å². The molecule has 0 fully saturated rings. The van der Waals surface area contributed by atoms with Gasteiger partial charge in [-0.3, -0.25) is 0 Å². The lowest BCUT2D eigenvalue weighted by Crippen LogP contribution is -2.03. The molecule has 3 rings (SSSR count). The predicted molar refractivity (Wildman–Crippen MR) is 78.1 cm³/mol. The number of rotatable bonds is 2. The Morgan fingerprint density at radius 3 is 2.50 bits per heavy atom. The molecule has 0 aliphatic carbocycles. The standard InChI is InChI=1S/C16H14FN3/c1-11-9-13(17)7-8-15(11)20-16(18)10-14(19-20)12-5-3-2-4-6-12/h2-10H,18H2,1H3. The van der Waals surface area contributed by atoms with Crippen LogP contribution in [0, 0.1) is 12.7 Å². The Hall–Kier alpha value is -2.62. The smallest absolute Gasteiger partial charge is 0.127 e. The normalized spacial score (nSPS) is 10.7. The molecule has 0 saturated carbocycles. The molecule has 4 heteroatoms. The van der Waals surface area contributed by atoms with E-state index >= 15 is 0 Å². The molecule has 2 aromatic carbocycles. The highest BCUT2D eigenvalue weighted by Crippen LogP contribution is 2.24. The van der Waals surface area contributed by atoms with Crippen molar-refractivity contribution in [2.24, 2.45) is 0 Å². The van der Waals surface area contributed by atoms with E-state index in [2.05, 4.69) is 5.10 Å². The summed E-state index contributed by atoms with van der Waals surface area (Å²) in [4.78, 5) is 0. The summed E-state index contributed by atoms with van der Waals surface area (Å²) in [6.07, 6.45) is 0. The SMILES string of the molecule is Cc1cc(F)ccc1-n1nc(-c2ccccc2)cc1N. The van der Waals surface area contributed by atoms with Crippen LogP contribution in [0.15, 0.2) is 54.6 Å². The summed E-state index contributed by atoms with van der Waals surface area (Å²) in [5, 5.41) is 4.51. The number of nitrogen functional groups attached to an aromatic ring is 1. The summed E-state index contributed by atoms with van der Waals surface area (Å²) in [6.45, 7) is 1.84. The maximum Gasteiger partial charge on any atom is 0.127 e.